The van der Waals surface area contributed by atoms with Crippen LogP contribution in [0.4, 0.5) is 5.69 Å². The predicted octanol–water partition coefficient (Wildman–Crippen LogP) is -0.0731. The minimum Gasteiger partial charge on any atom is -0.495 e. The zero-order valence-electron chi connectivity index (χ0n) is 11.8. The third-order valence-electron chi connectivity index (χ3n) is 2.80. The van der Waals surface area contributed by atoms with Gasteiger partial charge in [-0.2, -0.15) is 5.10 Å². The van der Waals surface area contributed by atoms with E-state index >= 15 is 0 Å². The highest BCUT2D eigenvalue weighted by atomic mass is 32.2. The van der Waals surface area contributed by atoms with Crippen LogP contribution >= 0.6 is 0 Å². The van der Waals surface area contributed by atoms with E-state index in [1.807, 2.05) is 0 Å². The van der Waals surface area contributed by atoms with Crippen molar-refractivity contribution < 1.29 is 13.2 Å². The monoisotopic (exact) mass is 311 g/mol. The van der Waals surface area contributed by atoms with Crippen LogP contribution in [-0.4, -0.2) is 36.8 Å². The summed E-state index contributed by atoms with van der Waals surface area (Å²) in [6.45, 7) is 0.207. The highest BCUT2D eigenvalue weighted by Gasteiger charge is 2.15. The smallest absolute Gasteiger partial charge is 0.240 e. The molecule has 0 aliphatic heterocycles. The van der Waals surface area contributed by atoms with Gasteiger partial charge in [0.2, 0.25) is 10.0 Å². The minimum absolute atomic E-state index is 0.0924. The molecule has 0 aliphatic rings. The number of aryl methyl sites for hydroxylation is 1. The molecule has 0 spiro atoms. The van der Waals surface area contributed by atoms with Gasteiger partial charge in [0.05, 0.1) is 17.7 Å². The molecule has 8 nitrogen and oxygen atoms in total. The molecule has 0 saturated heterocycles. The summed E-state index contributed by atoms with van der Waals surface area (Å²) in [6.07, 6.45) is 1.97. The number of nitrogen functional groups attached to an aromatic ring is 1. The Kier molecular flexibility index (Phi) is 4.43. The zero-order valence-corrected chi connectivity index (χ0v) is 12.6. The molecule has 9 heteroatoms. The van der Waals surface area contributed by atoms with Crippen LogP contribution in [0, 0.1) is 0 Å². The van der Waals surface area contributed by atoms with Crippen molar-refractivity contribution >= 4 is 15.7 Å². The van der Waals surface area contributed by atoms with Crippen molar-refractivity contribution in [1.29, 1.82) is 0 Å². The molecule has 0 saturated carbocycles. The second-order valence-electron chi connectivity index (χ2n) is 4.39. The molecule has 3 N–H and O–H groups in total. The van der Waals surface area contributed by atoms with Gasteiger partial charge < -0.3 is 10.5 Å². The molecule has 0 fully saturated rings. The fourth-order valence-corrected chi connectivity index (χ4v) is 2.83. The third-order valence-corrected chi connectivity index (χ3v) is 4.26. The van der Waals surface area contributed by atoms with Gasteiger partial charge in [-0.1, -0.05) is 0 Å². The second-order valence-corrected chi connectivity index (χ2v) is 6.15. The number of nitrogens with zero attached hydrogens (tertiary/aromatic N) is 3. The number of nitrogens with two attached hydrogens (primary N) is 1. The number of hydrogen-bond donors (Lipinski definition) is 2. The Morgan fingerprint density at radius 1 is 1.43 bits per heavy atom. The maximum Gasteiger partial charge on any atom is 0.240 e. The van der Waals surface area contributed by atoms with E-state index in [9.17, 15) is 8.42 Å². The van der Waals surface area contributed by atoms with Gasteiger partial charge in [-0.15, -0.1) is 0 Å². The van der Waals surface area contributed by atoms with Crippen molar-refractivity contribution in [2.24, 2.45) is 7.05 Å². The SMILES string of the molecule is COc1ccc(S(=O)(=O)NCCc2ncn(C)n2)cc1N. The van der Waals surface area contributed by atoms with Gasteiger partial charge >= 0.3 is 0 Å². The van der Waals surface area contributed by atoms with Crippen LogP contribution in [0.15, 0.2) is 29.4 Å². The molecule has 114 valence electrons. The van der Waals surface area contributed by atoms with E-state index < -0.39 is 10.0 Å². The van der Waals surface area contributed by atoms with E-state index in [1.54, 1.807) is 18.1 Å². The molecule has 2 rings (SSSR count). The van der Waals surface area contributed by atoms with Gasteiger partial charge in [0.25, 0.3) is 0 Å². The van der Waals surface area contributed by atoms with Crippen LogP contribution in [0.3, 0.4) is 0 Å². The number of methoxy groups -OCH3 is 1. The molecule has 0 radical (unpaired) electrons. The van der Waals surface area contributed by atoms with Gasteiger partial charge in [0, 0.05) is 20.0 Å². The van der Waals surface area contributed by atoms with Crippen LogP contribution in [0.25, 0.3) is 0 Å². The molecule has 0 amide bonds. The average molecular weight is 311 g/mol. The molecular formula is C12H17N5O3S. The van der Waals surface area contributed by atoms with E-state index in [0.717, 1.165) is 0 Å². The number of benzene rings is 1. The van der Waals surface area contributed by atoms with Crippen LogP contribution < -0.4 is 15.2 Å². The van der Waals surface area contributed by atoms with E-state index in [2.05, 4.69) is 14.8 Å². The lowest BCUT2D eigenvalue weighted by atomic mass is 10.3. The number of ether oxygens (including phenoxy) is 1. The summed E-state index contributed by atoms with van der Waals surface area (Å²) in [4.78, 5) is 4.12. The molecule has 1 aromatic carbocycles. The Hall–Kier alpha value is -2.13. The van der Waals surface area contributed by atoms with Crippen molar-refractivity contribution in [3.05, 3.63) is 30.4 Å². The van der Waals surface area contributed by atoms with Gasteiger partial charge in [-0.25, -0.2) is 18.1 Å². The second kappa shape index (κ2) is 6.10. The van der Waals surface area contributed by atoms with Crippen LogP contribution in [0.1, 0.15) is 5.82 Å². The van der Waals surface area contributed by atoms with Crippen molar-refractivity contribution in [3.63, 3.8) is 0 Å². The first-order valence-electron chi connectivity index (χ1n) is 6.20. The lowest BCUT2D eigenvalue weighted by Gasteiger charge is -2.09. The van der Waals surface area contributed by atoms with Gasteiger partial charge in [-0.05, 0) is 18.2 Å². The van der Waals surface area contributed by atoms with Crippen molar-refractivity contribution in [1.82, 2.24) is 19.5 Å². The van der Waals surface area contributed by atoms with Crippen LogP contribution in [-0.2, 0) is 23.5 Å². The fraction of sp³-hybridized carbons (Fsp3) is 0.333. The Bertz CT molecular complexity index is 726. The molecule has 21 heavy (non-hydrogen) atoms. The number of nitrogens with one attached hydrogen (secondary N) is 1. The predicted molar refractivity (Wildman–Crippen MR) is 77.3 cm³/mol. The fourth-order valence-electron chi connectivity index (χ4n) is 1.76. The van der Waals surface area contributed by atoms with E-state index in [0.29, 0.717) is 18.0 Å². The Balaban J connectivity index is 2.02. The van der Waals surface area contributed by atoms with E-state index in [-0.39, 0.29) is 17.1 Å². The molecular weight excluding hydrogens is 294 g/mol. The van der Waals surface area contributed by atoms with E-state index in [4.69, 9.17) is 10.5 Å². The Labute approximate surface area is 123 Å². The molecule has 2 aromatic rings. The van der Waals surface area contributed by atoms with Crippen molar-refractivity contribution in [2.45, 2.75) is 11.3 Å². The summed E-state index contributed by atoms with van der Waals surface area (Å²) in [5.41, 5.74) is 5.98. The summed E-state index contributed by atoms with van der Waals surface area (Å²) in [5, 5.41) is 4.07. The summed E-state index contributed by atoms with van der Waals surface area (Å²) < 4.78 is 33.3. The zero-order chi connectivity index (χ0) is 15.5. The maximum atomic E-state index is 12.1. The molecule has 1 heterocycles. The average Bonchev–Trinajstić information content (AvgIpc) is 2.84. The number of rotatable bonds is 6. The van der Waals surface area contributed by atoms with Crippen LogP contribution in [0.5, 0.6) is 5.75 Å². The lowest BCUT2D eigenvalue weighted by molar-refractivity contribution is 0.416. The number of hydrogen-bond acceptors (Lipinski definition) is 6. The third kappa shape index (κ3) is 3.70. The largest absolute Gasteiger partial charge is 0.495 e. The standard InChI is InChI=1S/C12H17N5O3S/c1-17-8-14-12(16-17)5-6-15-21(18,19)9-3-4-11(20-2)10(13)7-9/h3-4,7-8,15H,5-6,13H2,1-2H3. The molecule has 0 atom stereocenters. The Morgan fingerprint density at radius 2 is 2.19 bits per heavy atom. The summed E-state index contributed by atoms with van der Waals surface area (Å²) in [6, 6.07) is 4.32. The van der Waals surface area contributed by atoms with Gasteiger partial charge in [0.1, 0.15) is 12.1 Å². The minimum atomic E-state index is -3.62. The van der Waals surface area contributed by atoms with Crippen molar-refractivity contribution in [3.8, 4) is 5.75 Å². The molecule has 0 unspecified atom stereocenters. The first-order valence-corrected chi connectivity index (χ1v) is 7.68. The number of anilines is 1. The topological polar surface area (TPSA) is 112 Å². The highest BCUT2D eigenvalue weighted by Crippen LogP contribution is 2.24. The van der Waals surface area contributed by atoms with E-state index in [1.165, 1.54) is 25.3 Å². The summed E-state index contributed by atoms with van der Waals surface area (Å²) in [7, 11) is -0.398. The van der Waals surface area contributed by atoms with Gasteiger partial charge in [0.15, 0.2) is 5.82 Å². The first-order chi connectivity index (χ1) is 9.92. The summed E-state index contributed by atoms with van der Waals surface area (Å²) in [5.74, 6) is 1.01. The maximum absolute atomic E-state index is 12.1. The number of aromatic nitrogens is 3. The quantitative estimate of drug-likeness (QED) is 0.722. The van der Waals surface area contributed by atoms with Crippen molar-refractivity contribution in [2.75, 3.05) is 19.4 Å². The normalized spacial score (nSPS) is 11.5. The van der Waals surface area contributed by atoms with Crippen LogP contribution in [0.2, 0.25) is 0 Å². The number of sulfonamides is 1. The lowest BCUT2D eigenvalue weighted by Crippen LogP contribution is -2.26. The molecule has 1 aromatic heterocycles. The molecule has 0 aliphatic carbocycles. The highest BCUT2D eigenvalue weighted by molar-refractivity contribution is 7.89. The summed E-state index contributed by atoms with van der Waals surface area (Å²) >= 11 is 0. The van der Waals surface area contributed by atoms with Gasteiger partial charge in [-0.3, -0.25) is 4.68 Å². The Morgan fingerprint density at radius 3 is 2.76 bits per heavy atom. The molecule has 0 bridgehead atoms. The first kappa shape index (κ1) is 15.3.